The second-order valence-electron chi connectivity index (χ2n) is 4.61. The molecular formula is C16H12N2O2. The van der Waals surface area contributed by atoms with Crippen molar-refractivity contribution in [3.05, 3.63) is 54.7 Å². The summed E-state index contributed by atoms with van der Waals surface area (Å²) in [6, 6.07) is 15.9. The highest BCUT2D eigenvalue weighted by molar-refractivity contribution is 5.82. The van der Waals surface area contributed by atoms with Crippen molar-refractivity contribution in [1.29, 1.82) is 0 Å². The topological polar surface area (TPSA) is 43.4 Å². The van der Waals surface area contributed by atoms with Crippen molar-refractivity contribution in [1.82, 2.24) is 4.98 Å². The fourth-order valence-electron chi connectivity index (χ4n) is 2.28. The zero-order valence-electron chi connectivity index (χ0n) is 10.7. The monoisotopic (exact) mass is 264 g/mol. The lowest BCUT2D eigenvalue weighted by Gasteiger charge is -2.08. The number of rotatable bonds is 2. The van der Waals surface area contributed by atoms with Crippen LogP contribution in [-0.4, -0.2) is 11.8 Å². The number of pyridine rings is 1. The Morgan fingerprint density at radius 3 is 2.80 bits per heavy atom. The summed E-state index contributed by atoms with van der Waals surface area (Å²) in [4.78, 5) is 4.43. The predicted molar refractivity (Wildman–Crippen MR) is 77.6 cm³/mol. The molecule has 0 saturated heterocycles. The van der Waals surface area contributed by atoms with Gasteiger partial charge in [0.05, 0.1) is 17.4 Å². The Labute approximate surface area is 116 Å². The van der Waals surface area contributed by atoms with Gasteiger partial charge in [-0.25, -0.2) is 0 Å². The molecule has 4 rings (SSSR count). The molecule has 4 heteroatoms. The fourth-order valence-corrected chi connectivity index (χ4v) is 2.28. The molecule has 0 atom stereocenters. The molecule has 0 aliphatic carbocycles. The lowest BCUT2D eigenvalue weighted by Crippen LogP contribution is -1.93. The molecule has 0 spiro atoms. The average Bonchev–Trinajstić information content (AvgIpc) is 2.95. The van der Waals surface area contributed by atoms with Crippen LogP contribution in [0.25, 0.3) is 10.9 Å². The molecule has 98 valence electrons. The number of aromatic nitrogens is 1. The highest BCUT2D eigenvalue weighted by Gasteiger charge is 2.13. The molecule has 1 N–H and O–H groups in total. The minimum Gasteiger partial charge on any atom is -0.454 e. The molecule has 1 aliphatic heterocycles. The van der Waals surface area contributed by atoms with Crippen molar-refractivity contribution >= 4 is 22.3 Å². The molecule has 1 aliphatic rings. The molecule has 0 radical (unpaired) electrons. The van der Waals surface area contributed by atoms with E-state index in [1.165, 1.54) is 0 Å². The zero-order chi connectivity index (χ0) is 13.4. The van der Waals surface area contributed by atoms with Crippen LogP contribution >= 0.6 is 0 Å². The van der Waals surface area contributed by atoms with Crippen molar-refractivity contribution in [2.45, 2.75) is 0 Å². The van der Waals surface area contributed by atoms with Crippen LogP contribution in [0.2, 0.25) is 0 Å². The van der Waals surface area contributed by atoms with Gasteiger partial charge in [-0.3, -0.25) is 4.98 Å². The molecule has 0 unspecified atom stereocenters. The minimum absolute atomic E-state index is 0.288. The average molecular weight is 264 g/mol. The molecular weight excluding hydrogens is 252 g/mol. The van der Waals surface area contributed by atoms with E-state index in [0.717, 1.165) is 33.8 Å². The number of nitrogens with zero attached hydrogens (tertiary/aromatic N) is 1. The van der Waals surface area contributed by atoms with E-state index < -0.39 is 0 Å². The fraction of sp³-hybridized carbons (Fsp3) is 0.0625. The number of benzene rings is 2. The largest absolute Gasteiger partial charge is 0.454 e. The summed E-state index contributed by atoms with van der Waals surface area (Å²) >= 11 is 0. The molecule has 1 aromatic heterocycles. The van der Waals surface area contributed by atoms with Gasteiger partial charge in [0.25, 0.3) is 0 Å². The minimum atomic E-state index is 0.288. The summed E-state index contributed by atoms with van der Waals surface area (Å²) in [5.41, 5.74) is 2.89. The predicted octanol–water partition coefficient (Wildman–Crippen LogP) is 3.71. The molecule has 0 fully saturated rings. The lowest BCUT2D eigenvalue weighted by molar-refractivity contribution is 0.174. The van der Waals surface area contributed by atoms with Crippen LogP contribution in [0.15, 0.2) is 54.7 Å². The molecule has 0 saturated carbocycles. The number of nitrogens with one attached hydrogen (secondary N) is 1. The van der Waals surface area contributed by atoms with Gasteiger partial charge in [-0.05, 0) is 24.3 Å². The van der Waals surface area contributed by atoms with E-state index in [2.05, 4.69) is 16.4 Å². The van der Waals surface area contributed by atoms with Gasteiger partial charge in [-0.2, -0.15) is 0 Å². The van der Waals surface area contributed by atoms with Crippen molar-refractivity contribution in [2.24, 2.45) is 0 Å². The Morgan fingerprint density at radius 2 is 1.80 bits per heavy atom. The highest BCUT2D eigenvalue weighted by atomic mass is 16.7. The second kappa shape index (κ2) is 4.42. The van der Waals surface area contributed by atoms with Gasteiger partial charge < -0.3 is 14.8 Å². The van der Waals surface area contributed by atoms with Gasteiger partial charge in [0.2, 0.25) is 6.79 Å². The van der Waals surface area contributed by atoms with Crippen molar-refractivity contribution in [3.8, 4) is 11.5 Å². The summed E-state index contributed by atoms with van der Waals surface area (Å²) in [6.07, 6.45) is 1.83. The van der Waals surface area contributed by atoms with E-state index in [1.54, 1.807) is 0 Å². The van der Waals surface area contributed by atoms with Crippen LogP contribution in [0.5, 0.6) is 11.5 Å². The Hall–Kier alpha value is -2.75. The highest BCUT2D eigenvalue weighted by Crippen LogP contribution is 2.35. The first-order valence-electron chi connectivity index (χ1n) is 6.40. The van der Waals surface area contributed by atoms with Crippen LogP contribution in [-0.2, 0) is 0 Å². The Morgan fingerprint density at radius 1 is 0.900 bits per heavy atom. The summed E-state index contributed by atoms with van der Waals surface area (Å²) in [5.74, 6) is 1.55. The van der Waals surface area contributed by atoms with Crippen LogP contribution in [0.1, 0.15) is 0 Å². The van der Waals surface area contributed by atoms with E-state index in [-0.39, 0.29) is 6.79 Å². The maximum absolute atomic E-state index is 5.37. The summed E-state index contributed by atoms with van der Waals surface area (Å²) < 4.78 is 10.7. The van der Waals surface area contributed by atoms with E-state index >= 15 is 0 Å². The van der Waals surface area contributed by atoms with E-state index in [0.29, 0.717) is 0 Å². The Balaban J connectivity index is 1.67. The summed E-state index contributed by atoms with van der Waals surface area (Å²) in [6.45, 7) is 0.288. The number of ether oxygens (including phenoxy) is 2. The third-order valence-electron chi connectivity index (χ3n) is 3.25. The SMILES string of the molecule is c1ccc2ncc(Nc3ccc4c(c3)OCO4)cc2c1. The van der Waals surface area contributed by atoms with Gasteiger partial charge in [0.1, 0.15) is 0 Å². The van der Waals surface area contributed by atoms with Gasteiger partial charge in [0, 0.05) is 17.1 Å². The van der Waals surface area contributed by atoms with Crippen LogP contribution in [0.4, 0.5) is 11.4 Å². The Kier molecular flexibility index (Phi) is 2.45. The number of hydrogen-bond donors (Lipinski definition) is 1. The first-order chi connectivity index (χ1) is 9.88. The first-order valence-corrected chi connectivity index (χ1v) is 6.40. The normalized spacial score (nSPS) is 12.6. The molecule has 2 heterocycles. The van der Waals surface area contributed by atoms with E-state index in [1.807, 2.05) is 48.7 Å². The molecule has 20 heavy (non-hydrogen) atoms. The van der Waals surface area contributed by atoms with Crippen LogP contribution in [0, 0.1) is 0 Å². The molecule has 0 bridgehead atoms. The number of anilines is 2. The molecule has 3 aromatic rings. The van der Waals surface area contributed by atoms with Gasteiger partial charge in [0.15, 0.2) is 11.5 Å². The Bertz CT molecular complexity index is 786. The molecule has 4 nitrogen and oxygen atoms in total. The van der Waals surface area contributed by atoms with Gasteiger partial charge in [-0.15, -0.1) is 0 Å². The van der Waals surface area contributed by atoms with E-state index in [4.69, 9.17) is 9.47 Å². The van der Waals surface area contributed by atoms with Crippen molar-refractivity contribution < 1.29 is 9.47 Å². The lowest BCUT2D eigenvalue weighted by atomic mass is 10.2. The van der Waals surface area contributed by atoms with Crippen molar-refractivity contribution in [2.75, 3.05) is 12.1 Å². The van der Waals surface area contributed by atoms with Crippen LogP contribution < -0.4 is 14.8 Å². The smallest absolute Gasteiger partial charge is 0.231 e. The third kappa shape index (κ3) is 1.91. The maximum Gasteiger partial charge on any atom is 0.231 e. The number of hydrogen-bond acceptors (Lipinski definition) is 4. The van der Waals surface area contributed by atoms with Gasteiger partial charge >= 0.3 is 0 Å². The zero-order valence-corrected chi connectivity index (χ0v) is 10.7. The summed E-state index contributed by atoms with van der Waals surface area (Å²) in [7, 11) is 0. The van der Waals surface area contributed by atoms with Crippen LogP contribution in [0.3, 0.4) is 0 Å². The number of fused-ring (bicyclic) bond motifs is 2. The quantitative estimate of drug-likeness (QED) is 0.766. The first kappa shape index (κ1) is 11.1. The standard InChI is InChI=1S/C16H12N2O2/c1-2-4-14-11(3-1)7-13(9-17-14)18-12-5-6-15-16(8-12)20-10-19-15/h1-9,18H,10H2. The maximum atomic E-state index is 5.37. The third-order valence-corrected chi connectivity index (χ3v) is 3.25. The molecule has 0 amide bonds. The number of para-hydroxylation sites is 1. The second-order valence-corrected chi connectivity index (χ2v) is 4.61. The van der Waals surface area contributed by atoms with Crippen molar-refractivity contribution in [3.63, 3.8) is 0 Å². The van der Waals surface area contributed by atoms with Gasteiger partial charge in [-0.1, -0.05) is 18.2 Å². The van der Waals surface area contributed by atoms with E-state index in [9.17, 15) is 0 Å². The molecule has 2 aromatic carbocycles. The summed E-state index contributed by atoms with van der Waals surface area (Å²) in [5, 5.41) is 4.44.